The summed E-state index contributed by atoms with van der Waals surface area (Å²) >= 11 is 0. The molecule has 2 N–H and O–H groups in total. The molecule has 1 aromatic carbocycles. The van der Waals surface area contributed by atoms with Crippen LogP contribution in [0.15, 0.2) is 30.3 Å². The summed E-state index contributed by atoms with van der Waals surface area (Å²) < 4.78 is 2.01. The molecule has 1 atom stereocenters. The number of rotatable bonds is 3. The topological polar surface area (TPSA) is 43.8 Å². The first-order valence-corrected chi connectivity index (χ1v) is 6.02. The predicted octanol–water partition coefficient (Wildman–Crippen LogP) is 2.90. The minimum atomic E-state index is -0.0226. The van der Waals surface area contributed by atoms with E-state index in [1.54, 1.807) is 0 Å². The fourth-order valence-corrected chi connectivity index (χ4v) is 1.98. The third-order valence-electron chi connectivity index (χ3n) is 2.99. The van der Waals surface area contributed by atoms with Gasteiger partial charge in [-0.1, -0.05) is 24.3 Å². The minimum Gasteiger partial charge on any atom is -0.323 e. The second-order valence-corrected chi connectivity index (χ2v) is 4.37. The fraction of sp³-hybridized carbons (Fsp3) is 0.357. The fourth-order valence-electron chi connectivity index (χ4n) is 1.98. The molecule has 1 unspecified atom stereocenters. The van der Waals surface area contributed by atoms with Crippen molar-refractivity contribution in [3.63, 3.8) is 0 Å². The highest BCUT2D eigenvalue weighted by atomic mass is 15.3. The molecule has 1 heterocycles. The maximum Gasteiger partial charge on any atom is 0.0795 e. The van der Waals surface area contributed by atoms with Gasteiger partial charge in [-0.2, -0.15) is 5.10 Å². The molecule has 0 saturated heterocycles. The zero-order valence-electron chi connectivity index (χ0n) is 10.6. The number of nitrogens with zero attached hydrogens (tertiary/aromatic N) is 2. The maximum atomic E-state index is 5.89. The number of nitrogens with two attached hydrogens (primary N) is 1. The van der Waals surface area contributed by atoms with Gasteiger partial charge in [0.05, 0.1) is 11.4 Å². The minimum absolute atomic E-state index is 0.0226. The number of aryl methyl sites for hydroxylation is 2. The second kappa shape index (κ2) is 4.72. The van der Waals surface area contributed by atoms with Gasteiger partial charge in [-0.25, -0.2) is 0 Å². The van der Waals surface area contributed by atoms with Crippen LogP contribution in [-0.4, -0.2) is 9.78 Å². The summed E-state index contributed by atoms with van der Waals surface area (Å²) in [7, 11) is 0. The lowest BCUT2D eigenvalue weighted by atomic mass is 10.1. The molecule has 90 valence electrons. The van der Waals surface area contributed by atoms with Crippen molar-refractivity contribution in [1.82, 2.24) is 9.78 Å². The van der Waals surface area contributed by atoms with Crippen molar-refractivity contribution in [2.45, 2.75) is 33.4 Å². The molecular weight excluding hydrogens is 210 g/mol. The van der Waals surface area contributed by atoms with Crippen LogP contribution in [0.3, 0.4) is 0 Å². The first-order valence-electron chi connectivity index (χ1n) is 6.02. The van der Waals surface area contributed by atoms with Gasteiger partial charge in [-0.3, -0.25) is 4.68 Å². The van der Waals surface area contributed by atoms with Crippen molar-refractivity contribution < 1.29 is 0 Å². The Balaban J connectivity index is 2.55. The van der Waals surface area contributed by atoms with Gasteiger partial charge < -0.3 is 5.73 Å². The highest BCUT2D eigenvalue weighted by molar-refractivity contribution is 5.64. The molecule has 0 spiro atoms. The van der Waals surface area contributed by atoms with Crippen LogP contribution < -0.4 is 5.73 Å². The average molecular weight is 229 g/mol. The Labute approximate surface area is 102 Å². The van der Waals surface area contributed by atoms with Crippen LogP contribution >= 0.6 is 0 Å². The van der Waals surface area contributed by atoms with Gasteiger partial charge in [0.2, 0.25) is 0 Å². The second-order valence-electron chi connectivity index (χ2n) is 4.37. The lowest BCUT2D eigenvalue weighted by molar-refractivity contribution is 0.636. The number of hydrogen-bond donors (Lipinski definition) is 1. The van der Waals surface area contributed by atoms with E-state index in [1.807, 2.05) is 11.6 Å². The van der Waals surface area contributed by atoms with E-state index < -0.39 is 0 Å². The van der Waals surface area contributed by atoms with Crippen molar-refractivity contribution >= 4 is 0 Å². The van der Waals surface area contributed by atoms with Gasteiger partial charge in [0.15, 0.2) is 0 Å². The van der Waals surface area contributed by atoms with E-state index in [2.05, 4.69) is 49.3 Å². The quantitative estimate of drug-likeness (QED) is 0.879. The van der Waals surface area contributed by atoms with Crippen LogP contribution in [0.5, 0.6) is 0 Å². The highest BCUT2D eigenvalue weighted by Gasteiger charge is 2.12. The normalized spacial score (nSPS) is 12.7. The standard InChI is InChI=1S/C14H19N3/c1-4-17-14(9-13(16-17)11(3)15)12-8-6-5-7-10(12)2/h5-9,11H,4,15H2,1-3H3. The lowest BCUT2D eigenvalue weighted by Gasteiger charge is -2.07. The van der Waals surface area contributed by atoms with Crippen LogP contribution in [0, 0.1) is 6.92 Å². The smallest absolute Gasteiger partial charge is 0.0795 e. The van der Waals surface area contributed by atoms with Gasteiger partial charge in [0.1, 0.15) is 0 Å². The summed E-state index contributed by atoms with van der Waals surface area (Å²) in [5.74, 6) is 0. The van der Waals surface area contributed by atoms with Crippen LogP contribution in [0.25, 0.3) is 11.3 Å². The number of hydrogen-bond acceptors (Lipinski definition) is 2. The van der Waals surface area contributed by atoms with Gasteiger partial charge >= 0.3 is 0 Å². The van der Waals surface area contributed by atoms with Gasteiger partial charge in [-0.15, -0.1) is 0 Å². The Morgan fingerprint density at radius 1 is 1.35 bits per heavy atom. The molecule has 0 saturated carbocycles. The van der Waals surface area contributed by atoms with Crippen molar-refractivity contribution in [2.75, 3.05) is 0 Å². The molecule has 1 aromatic heterocycles. The summed E-state index contributed by atoms with van der Waals surface area (Å²) in [5, 5.41) is 4.54. The summed E-state index contributed by atoms with van der Waals surface area (Å²) in [6.07, 6.45) is 0. The molecule has 2 rings (SSSR count). The monoisotopic (exact) mass is 229 g/mol. The molecule has 3 nitrogen and oxygen atoms in total. The predicted molar refractivity (Wildman–Crippen MR) is 70.7 cm³/mol. The molecule has 3 heteroatoms. The lowest BCUT2D eigenvalue weighted by Crippen LogP contribution is -2.07. The van der Waals surface area contributed by atoms with Crippen LogP contribution in [0.2, 0.25) is 0 Å². The first-order chi connectivity index (χ1) is 8.13. The largest absolute Gasteiger partial charge is 0.323 e. The third-order valence-corrected chi connectivity index (χ3v) is 2.99. The van der Waals surface area contributed by atoms with E-state index in [1.165, 1.54) is 11.1 Å². The van der Waals surface area contributed by atoms with Gasteiger partial charge in [0, 0.05) is 18.2 Å². The number of aromatic nitrogens is 2. The van der Waals surface area contributed by atoms with E-state index in [4.69, 9.17) is 5.73 Å². The van der Waals surface area contributed by atoms with Crippen LogP contribution in [-0.2, 0) is 6.54 Å². The van der Waals surface area contributed by atoms with Crippen molar-refractivity contribution in [1.29, 1.82) is 0 Å². The van der Waals surface area contributed by atoms with Crippen molar-refractivity contribution in [3.8, 4) is 11.3 Å². The molecule has 0 aliphatic rings. The number of benzene rings is 1. The molecule has 2 aromatic rings. The SMILES string of the molecule is CCn1nc(C(C)N)cc1-c1ccccc1C. The zero-order chi connectivity index (χ0) is 12.4. The highest BCUT2D eigenvalue weighted by Crippen LogP contribution is 2.25. The molecule has 0 amide bonds. The molecule has 0 fully saturated rings. The van der Waals surface area contributed by atoms with E-state index in [0.29, 0.717) is 0 Å². The molecule has 0 aliphatic heterocycles. The first kappa shape index (κ1) is 11.9. The molecule has 17 heavy (non-hydrogen) atoms. The summed E-state index contributed by atoms with van der Waals surface area (Å²) in [4.78, 5) is 0. The Morgan fingerprint density at radius 2 is 2.06 bits per heavy atom. The molecular formula is C14H19N3. The van der Waals surface area contributed by atoms with E-state index >= 15 is 0 Å². The Kier molecular flexibility index (Phi) is 3.29. The molecule has 0 aliphatic carbocycles. The summed E-state index contributed by atoms with van der Waals surface area (Å²) in [5.41, 5.74) is 10.5. The zero-order valence-corrected chi connectivity index (χ0v) is 10.6. The third kappa shape index (κ3) is 2.24. The summed E-state index contributed by atoms with van der Waals surface area (Å²) in [6, 6.07) is 10.4. The van der Waals surface area contributed by atoms with Crippen LogP contribution in [0.1, 0.15) is 31.1 Å². The molecule has 0 bridgehead atoms. The van der Waals surface area contributed by atoms with Crippen LogP contribution in [0.4, 0.5) is 0 Å². The average Bonchev–Trinajstić information content (AvgIpc) is 2.73. The van der Waals surface area contributed by atoms with Crippen molar-refractivity contribution in [3.05, 3.63) is 41.6 Å². The van der Waals surface area contributed by atoms with E-state index in [0.717, 1.165) is 17.9 Å². The van der Waals surface area contributed by atoms with Gasteiger partial charge in [-0.05, 0) is 32.4 Å². The summed E-state index contributed by atoms with van der Waals surface area (Å²) in [6.45, 7) is 7.04. The Morgan fingerprint density at radius 3 is 2.65 bits per heavy atom. The Bertz CT molecular complexity index is 512. The Hall–Kier alpha value is -1.61. The maximum absolute atomic E-state index is 5.89. The van der Waals surface area contributed by atoms with Crippen molar-refractivity contribution in [2.24, 2.45) is 5.73 Å². The van der Waals surface area contributed by atoms with E-state index in [9.17, 15) is 0 Å². The van der Waals surface area contributed by atoms with Gasteiger partial charge in [0.25, 0.3) is 0 Å². The van der Waals surface area contributed by atoms with E-state index in [-0.39, 0.29) is 6.04 Å². The molecule has 0 radical (unpaired) electrons.